The lowest BCUT2D eigenvalue weighted by atomic mass is 9.76. The molecule has 2 aliphatic rings. The third-order valence-corrected chi connectivity index (χ3v) is 8.24. The van der Waals surface area contributed by atoms with Crippen LogP contribution in [0.4, 0.5) is 5.69 Å². The topological polar surface area (TPSA) is 48.0 Å². The van der Waals surface area contributed by atoms with Crippen molar-refractivity contribution in [2.24, 2.45) is 0 Å². The molecule has 0 bridgehead atoms. The molecule has 0 saturated carbocycles. The molecule has 0 fully saturated rings. The van der Waals surface area contributed by atoms with Gasteiger partial charge in [-0.15, -0.1) is 0 Å². The molecule has 1 atom stereocenters. The van der Waals surface area contributed by atoms with Crippen molar-refractivity contribution in [3.05, 3.63) is 65.2 Å². The first kappa shape index (κ1) is 21.2. The van der Waals surface area contributed by atoms with Gasteiger partial charge in [-0.25, -0.2) is 0 Å². The van der Waals surface area contributed by atoms with E-state index in [1.54, 1.807) is 0 Å². The number of hydrogen-bond donors (Lipinski definition) is 0. The van der Waals surface area contributed by atoms with Gasteiger partial charge in [0.05, 0.1) is 24.8 Å². The highest BCUT2D eigenvalue weighted by Gasteiger charge is 2.57. The van der Waals surface area contributed by atoms with Gasteiger partial charge in [0.15, 0.2) is 0 Å². The molecule has 1 spiro atoms. The predicted molar refractivity (Wildman–Crippen MR) is 121 cm³/mol. The maximum atomic E-state index is 12.9. The van der Waals surface area contributed by atoms with Crippen LogP contribution in [0.2, 0.25) is 0 Å². The lowest BCUT2D eigenvalue weighted by Gasteiger charge is -2.45. The van der Waals surface area contributed by atoms with E-state index >= 15 is 0 Å². The van der Waals surface area contributed by atoms with Crippen molar-refractivity contribution in [1.82, 2.24) is 0 Å². The average molecular weight is 427 g/mol. The summed E-state index contributed by atoms with van der Waals surface area (Å²) < 4.78 is 30.5. The second kappa shape index (κ2) is 7.56. The zero-order valence-electron chi connectivity index (χ0n) is 18.3. The number of hydrogen-bond acceptors (Lipinski definition) is 5. The maximum absolute atomic E-state index is 12.9. The van der Waals surface area contributed by atoms with Crippen molar-refractivity contribution >= 4 is 19.4 Å². The molecule has 0 unspecified atom stereocenters. The van der Waals surface area contributed by atoms with Crippen LogP contribution in [0, 0.1) is 0 Å². The highest BCUT2D eigenvalue weighted by atomic mass is 31.2. The molecular weight excluding hydrogens is 397 g/mol. The minimum Gasteiger partial charge on any atom is -0.463 e. The van der Waals surface area contributed by atoms with Crippen molar-refractivity contribution in [1.29, 1.82) is 0 Å². The van der Waals surface area contributed by atoms with E-state index in [1.807, 2.05) is 32.0 Å². The zero-order chi connectivity index (χ0) is 21.6. The van der Waals surface area contributed by atoms with Crippen LogP contribution < -0.4 is 9.64 Å². The molecule has 4 rings (SSSR count). The summed E-state index contributed by atoms with van der Waals surface area (Å²) in [6.45, 7) is 8.81. The van der Waals surface area contributed by atoms with Crippen LogP contribution in [0.1, 0.15) is 44.4 Å². The quantitative estimate of drug-likeness (QED) is 0.531. The van der Waals surface area contributed by atoms with Crippen LogP contribution in [-0.2, 0) is 25.2 Å². The van der Waals surface area contributed by atoms with Gasteiger partial charge in [0, 0.05) is 18.3 Å². The highest BCUT2D eigenvalue weighted by Crippen LogP contribution is 2.55. The van der Waals surface area contributed by atoms with Crippen molar-refractivity contribution in [2.75, 3.05) is 25.2 Å². The molecule has 2 heterocycles. The summed E-state index contributed by atoms with van der Waals surface area (Å²) in [5, 5.41) is 0. The molecule has 0 amide bonds. The van der Waals surface area contributed by atoms with Gasteiger partial charge >= 0.3 is 7.60 Å². The average Bonchev–Trinajstić information content (AvgIpc) is 2.87. The van der Waals surface area contributed by atoms with Gasteiger partial charge in [-0.2, -0.15) is 0 Å². The fourth-order valence-electron chi connectivity index (χ4n) is 4.67. The molecule has 30 heavy (non-hydrogen) atoms. The summed E-state index contributed by atoms with van der Waals surface area (Å²) in [5.74, 6) is 0.816. The first-order valence-corrected chi connectivity index (χ1v) is 12.2. The number of fused-ring (bicyclic) bond motifs is 2. The predicted octanol–water partition coefficient (Wildman–Crippen LogP) is 5.98. The Labute approximate surface area is 179 Å². The third kappa shape index (κ3) is 3.20. The number of benzene rings is 2. The molecular formula is C24H30NO4P. The minimum atomic E-state index is -3.15. The van der Waals surface area contributed by atoms with Gasteiger partial charge in [0.1, 0.15) is 5.75 Å². The molecule has 2 aromatic carbocycles. The lowest BCUT2D eigenvalue weighted by Crippen LogP contribution is -2.58. The van der Waals surface area contributed by atoms with Gasteiger partial charge < -0.3 is 18.7 Å². The van der Waals surface area contributed by atoms with E-state index in [9.17, 15) is 4.57 Å². The van der Waals surface area contributed by atoms with Crippen molar-refractivity contribution in [2.45, 2.75) is 45.0 Å². The van der Waals surface area contributed by atoms with Gasteiger partial charge in [0.2, 0.25) is 5.72 Å². The molecule has 0 N–H and O–H groups in total. The number of nitrogens with zero attached hydrogens (tertiary/aromatic N) is 1. The van der Waals surface area contributed by atoms with Crippen molar-refractivity contribution in [3.63, 3.8) is 0 Å². The van der Waals surface area contributed by atoms with E-state index in [2.05, 4.69) is 62.2 Å². The molecule has 5 nitrogen and oxygen atoms in total. The number of ether oxygens (including phenoxy) is 1. The van der Waals surface area contributed by atoms with Crippen LogP contribution >= 0.6 is 7.60 Å². The van der Waals surface area contributed by atoms with Crippen LogP contribution in [-0.4, -0.2) is 26.0 Å². The SMILES string of the molecule is CCOP(=O)(Cc1ccc2c(c1)C=C[C@@]1(O2)N(C)c2ccccc2C1(C)C)OCC. The van der Waals surface area contributed by atoms with Gasteiger partial charge in [0.25, 0.3) is 0 Å². The molecule has 0 saturated heterocycles. The van der Waals surface area contributed by atoms with E-state index in [0.29, 0.717) is 13.2 Å². The molecule has 0 aromatic heterocycles. The van der Waals surface area contributed by atoms with Crippen LogP contribution in [0.25, 0.3) is 6.08 Å². The smallest absolute Gasteiger partial charge is 0.335 e. The maximum Gasteiger partial charge on any atom is 0.335 e. The van der Waals surface area contributed by atoms with E-state index in [1.165, 1.54) is 11.3 Å². The van der Waals surface area contributed by atoms with E-state index in [-0.39, 0.29) is 11.6 Å². The molecule has 160 valence electrons. The number of anilines is 1. The summed E-state index contributed by atoms with van der Waals surface area (Å²) in [4.78, 5) is 2.22. The van der Waals surface area contributed by atoms with Gasteiger partial charge in [-0.05, 0) is 69.2 Å². The molecule has 2 aliphatic heterocycles. The second-order valence-corrected chi connectivity index (χ2v) is 10.4. The first-order valence-electron chi connectivity index (χ1n) is 10.5. The largest absolute Gasteiger partial charge is 0.463 e. The van der Waals surface area contributed by atoms with Crippen LogP contribution in [0.3, 0.4) is 0 Å². The number of likely N-dealkylation sites (N-methyl/N-ethyl adjacent to an activating group) is 1. The monoisotopic (exact) mass is 427 g/mol. The molecule has 2 aromatic rings. The fourth-order valence-corrected chi connectivity index (χ4v) is 6.36. The Morgan fingerprint density at radius 2 is 1.77 bits per heavy atom. The van der Waals surface area contributed by atoms with E-state index in [0.717, 1.165) is 16.9 Å². The Hall–Kier alpha value is -2.07. The van der Waals surface area contributed by atoms with Crippen LogP contribution in [0.15, 0.2) is 48.5 Å². The Kier molecular flexibility index (Phi) is 5.34. The van der Waals surface area contributed by atoms with Crippen LogP contribution in [0.5, 0.6) is 5.75 Å². The normalized spacial score (nSPS) is 21.4. The summed E-state index contributed by atoms with van der Waals surface area (Å²) in [7, 11) is -1.07. The first-order chi connectivity index (χ1) is 14.3. The minimum absolute atomic E-state index is 0.231. The Balaban J connectivity index is 1.66. The molecule has 6 heteroatoms. The molecule has 0 aliphatic carbocycles. The highest BCUT2D eigenvalue weighted by molar-refractivity contribution is 7.53. The van der Waals surface area contributed by atoms with Gasteiger partial charge in [-0.3, -0.25) is 4.57 Å². The van der Waals surface area contributed by atoms with E-state index < -0.39 is 13.3 Å². The Morgan fingerprint density at radius 3 is 2.43 bits per heavy atom. The zero-order valence-corrected chi connectivity index (χ0v) is 19.2. The lowest BCUT2D eigenvalue weighted by molar-refractivity contribution is 0.0581. The Bertz CT molecular complexity index is 1020. The molecule has 0 radical (unpaired) electrons. The third-order valence-electron chi connectivity index (χ3n) is 6.19. The second-order valence-electron chi connectivity index (χ2n) is 8.31. The summed E-state index contributed by atoms with van der Waals surface area (Å²) in [5.41, 5.74) is 3.50. The van der Waals surface area contributed by atoms with Gasteiger partial charge in [-0.1, -0.05) is 24.3 Å². The summed E-state index contributed by atoms with van der Waals surface area (Å²) >= 11 is 0. The summed E-state index contributed by atoms with van der Waals surface area (Å²) in [6, 6.07) is 14.4. The van der Waals surface area contributed by atoms with E-state index in [4.69, 9.17) is 13.8 Å². The Morgan fingerprint density at radius 1 is 1.07 bits per heavy atom. The fraction of sp³-hybridized carbons (Fsp3) is 0.417. The number of para-hydroxylation sites is 1. The standard InChI is InChI=1S/C24H30NO4P/c1-6-27-30(26,28-7-2)17-18-12-13-22-19(16-18)14-15-24(29-22)23(3,4)20-10-8-9-11-21(20)25(24)5/h8-16H,6-7,17H2,1-5H3/t24-/m0/s1. The van der Waals surface area contributed by atoms with Crippen molar-refractivity contribution in [3.8, 4) is 5.75 Å². The number of rotatable bonds is 6. The van der Waals surface area contributed by atoms with Crippen molar-refractivity contribution < 1.29 is 18.3 Å². The summed E-state index contributed by atoms with van der Waals surface area (Å²) in [6.07, 6.45) is 4.50.